The molecule has 6 heteroatoms. The van der Waals surface area contributed by atoms with Crippen LogP contribution in [0.15, 0.2) is 76.2 Å². The molecule has 0 amide bonds. The number of ketones is 1. The van der Waals surface area contributed by atoms with Crippen LogP contribution >= 0.6 is 0 Å². The third-order valence-electron chi connectivity index (χ3n) is 5.63. The number of aromatic nitrogens is 2. The molecule has 6 nitrogen and oxygen atoms in total. The Labute approximate surface area is 190 Å². The Morgan fingerprint density at radius 3 is 2.36 bits per heavy atom. The van der Waals surface area contributed by atoms with Gasteiger partial charge in [0, 0.05) is 34.4 Å². The van der Waals surface area contributed by atoms with Crippen molar-refractivity contribution in [3.05, 3.63) is 94.5 Å². The number of carbonyl (C=O) groups is 1. The summed E-state index contributed by atoms with van der Waals surface area (Å²) in [6.07, 6.45) is 1.71. The Balaban J connectivity index is 1.80. The second-order valence-corrected chi connectivity index (χ2v) is 8.04. The number of carbonyl (C=O) groups excluding carboxylic acids is 1. The standard InChI is InChI=1S/C27H18N4O2/c1-16(2)27-30-26-23(33-27)13-19(31(26)18-8-4-3-5-9-18)12-22-24(17(14-28)15-29)20-10-6-7-11-21(20)25(22)32/h3-13,16H,1-2H3/b22-12-. The molecular weight excluding hydrogens is 412 g/mol. The van der Waals surface area contributed by atoms with E-state index in [1.165, 1.54) is 0 Å². The van der Waals surface area contributed by atoms with Crippen LogP contribution in [0.4, 0.5) is 0 Å². The Kier molecular flexibility index (Phi) is 4.77. The fraction of sp³-hybridized carbons (Fsp3) is 0.111. The highest BCUT2D eigenvalue weighted by atomic mass is 16.3. The van der Waals surface area contributed by atoms with Gasteiger partial charge in [0.1, 0.15) is 17.7 Å². The molecule has 0 unspecified atom stereocenters. The van der Waals surface area contributed by atoms with Crippen molar-refractivity contribution in [1.82, 2.24) is 9.55 Å². The van der Waals surface area contributed by atoms with E-state index < -0.39 is 0 Å². The van der Waals surface area contributed by atoms with Crippen molar-refractivity contribution in [3.8, 4) is 17.8 Å². The van der Waals surface area contributed by atoms with Gasteiger partial charge in [-0.15, -0.1) is 0 Å². The fourth-order valence-corrected chi connectivity index (χ4v) is 4.11. The van der Waals surface area contributed by atoms with Gasteiger partial charge in [0.2, 0.25) is 0 Å². The zero-order valence-electron chi connectivity index (χ0n) is 18.0. The van der Waals surface area contributed by atoms with Gasteiger partial charge < -0.3 is 4.42 Å². The molecule has 4 aromatic rings. The molecule has 2 aromatic carbocycles. The summed E-state index contributed by atoms with van der Waals surface area (Å²) in [5.41, 5.74) is 4.40. The van der Waals surface area contributed by atoms with Crippen LogP contribution in [0.1, 0.15) is 47.3 Å². The lowest BCUT2D eigenvalue weighted by Crippen LogP contribution is -2.01. The molecule has 0 N–H and O–H groups in total. The molecule has 0 aliphatic heterocycles. The number of nitriles is 2. The van der Waals surface area contributed by atoms with Crippen molar-refractivity contribution in [2.75, 3.05) is 0 Å². The van der Waals surface area contributed by atoms with E-state index in [-0.39, 0.29) is 17.3 Å². The average Bonchev–Trinajstić information content (AvgIpc) is 3.47. The molecule has 33 heavy (non-hydrogen) atoms. The van der Waals surface area contributed by atoms with Gasteiger partial charge in [0.05, 0.1) is 5.69 Å². The lowest BCUT2D eigenvalue weighted by molar-refractivity contribution is 0.104. The molecule has 0 bridgehead atoms. The monoisotopic (exact) mass is 430 g/mol. The fourth-order valence-electron chi connectivity index (χ4n) is 4.11. The predicted octanol–water partition coefficient (Wildman–Crippen LogP) is 5.82. The first-order valence-corrected chi connectivity index (χ1v) is 10.5. The Bertz CT molecular complexity index is 1550. The quantitative estimate of drug-likeness (QED) is 0.301. The van der Waals surface area contributed by atoms with Crippen LogP contribution in [-0.4, -0.2) is 15.3 Å². The summed E-state index contributed by atoms with van der Waals surface area (Å²) < 4.78 is 7.90. The number of hydrogen-bond acceptors (Lipinski definition) is 5. The summed E-state index contributed by atoms with van der Waals surface area (Å²) in [4.78, 5) is 18.0. The van der Waals surface area contributed by atoms with Crippen molar-refractivity contribution in [2.45, 2.75) is 19.8 Å². The topological polar surface area (TPSA) is 95.6 Å². The van der Waals surface area contributed by atoms with E-state index in [4.69, 9.17) is 9.40 Å². The number of Topliss-reactive ketones (excluding diaryl/α,β-unsaturated/α-hetero) is 1. The Hall–Kier alpha value is -4.68. The van der Waals surface area contributed by atoms with Gasteiger partial charge in [-0.05, 0) is 23.8 Å². The maximum atomic E-state index is 13.3. The molecule has 158 valence electrons. The van der Waals surface area contributed by atoms with Crippen molar-refractivity contribution in [2.24, 2.45) is 0 Å². The highest BCUT2D eigenvalue weighted by molar-refractivity contribution is 6.29. The van der Waals surface area contributed by atoms with Crippen LogP contribution in [0.2, 0.25) is 0 Å². The van der Waals surface area contributed by atoms with Crippen LogP contribution in [0.3, 0.4) is 0 Å². The molecule has 0 atom stereocenters. The first kappa shape index (κ1) is 20.2. The number of fused-ring (bicyclic) bond motifs is 2. The third kappa shape index (κ3) is 3.17. The number of allylic oxidation sites excluding steroid dienone is 3. The number of hydrogen-bond donors (Lipinski definition) is 0. The van der Waals surface area contributed by atoms with Crippen LogP contribution in [-0.2, 0) is 0 Å². The second-order valence-electron chi connectivity index (χ2n) is 8.04. The minimum atomic E-state index is -0.225. The molecule has 1 aliphatic carbocycles. The molecule has 0 saturated heterocycles. The van der Waals surface area contributed by atoms with Gasteiger partial charge in [0.25, 0.3) is 0 Å². The van der Waals surface area contributed by atoms with E-state index in [0.29, 0.717) is 45.1 Å². The maximum Gasteiger partial charge on any atom is 0.199 e. The van der Waals surface area contributed by atoms with E-state index in [0.717, 1.165) is 5.69 Å². The maximum absolute atomic E-state index is 13.3. The van der Waals surface area contributed by atoms with Crippen LogP contribution in [0.25, 0.3) is 28.6 Å². The summed E-state index contributed by atoms with van der Waals surface area (Å²) in [6, 6.07) is 22.4. The Morgan fingerprint density at radius 2 is 1.70 bits per heavy atom. The van der Waals surface area contributed by atoms with E-state index in [9.17, 15) is 15.3 Å². The zero-order chi connectivity index (χ0) is 23.1. The molecule has 1 aliphatic rings. The number of benzene rings is 2. The molecule has 0 radical (unpaired) electrons. The van der Waals surface area contributed by atoms with Gasteiger partial charge in [-0.2, -0.15) is 15.5 Å². The zero-order valence-corrected chi connectivity index (χ0v) is 18.0. The number of rotatable bonds is 3. The van der Waals surface area contributed by atoms with Crippen LogP contribution in [0.5, 0.6) is 0 Å². The third-order valence-corrected chi connectivity index (χ3v) is 5.63. The highest BCUT2D eigenvalue weighted by Gasteiger charge is 2.32. The summed E-state index contributed by atoms with van der Waals surface area (Å²) >= 11 is 0. The summed E-state index contributed by atoms with van der Waals surface area (Å²) in [5.74, 6) is 0.527. The molecule has 0 spiro atoms. The summed E-state index contributed by atoms with van der Waals surface area (Å²) in [6.45, 7) is 4.02. The average molecular weight is 430 g/mol. The van der Waals surface area contributed by atoms with E-state index in [1.54, 1.807) is 30.3 Å². The van der Waals surface area contributed by atoms with E-state index in [2.05, 4.69) is 0 Å². The van der Waals surface area contributed by atoms with Crippen molar-refractivity contribution in [1.29, 1.82) is 10.5 Å². The van der Waals surface area contributed by atoms with E-state index >= 15 is 0 Å². The first-order valence-electron chi connectivity index (χ1n) is 10.5. The first-order chi connectivity index (χ1) is 16.0. The molecule has 5 rings (SSSR count). The SMILES string of the molecule is CC(C)c1nc2c(cc(/C=C3\C(=O)c4ccccc4C3=C(C#N)C#N)n2-c2ccccc2)o1. The van der Waals surface area contributed by atoms with Gasteiger partial charge in [-0.1, -0.05) is 56.3 Å². The predicted molar refractivity (Wildman–Crippen MR) is 124 cm³/mol. The van der Waals surface area contributed by atoms with Gasteiger partial charge in [0.15, 0.2) is 22.9 Å². The van der Waals surface area contributed by atoms with Crippen molar-refractivity contribution >= 4 is 28.7 Å². The summed E-state index contributed by atoms with van der Waals surface area (Å²) in [5, 5.41) is 19.2. The van der Waals surface area contributed by atoms with Gasteiger partial charge in [-0.25, -0.2) is 0 Å². The highest BCUT2D eigenvalue weighted by Crippen LogP contribution is 2.40. The Morgan fingerprint density at radius 1 is 1.03 bits per heavy atom. The molecule has 0 saturated carbocycles. The smallest absolute Gasteiger partial charge is 0.199 e. The van der Waals surface area contributed by atoms with Crippen LogP contribution < -0.4 is 0 Å². The largest absolute Gasteiger partial charge is 0.439 e. The van der Waals surface area contributed by atoms with Gasteiger partial charge >= 0.3 is 0 Å². The minimum absolute atomic E-state index is 0.0960. The second kappa shape index (κ2) is 7.78. The number of para-hydroxylation sites is 1. The normalized spacial score (nSPS) is 14.0. The minimum Gasteiger partial charge on any atom is -0.439 e. The van der Waals surface area contributed by atoms with Crippen LogP contribution in [0, 0.1) is 22.7 Å². The number of nitrogens with zero attached hydrogens (tertiary/aromatic N) is 4. The van der Waals surface area contributed by atoms with Crippen molar-refractivity contribution in [3.63, 3.8) is 0 Å². The summed E-state index contributed by atoms with van der Waals surface area (Å²) in [7, 11) is 0. The lowest BCUT2D eigenvalue weighted by Gasteiger charge is -2.08. The molecule has 2 aromatic heterocycles. The molecule has 0 fully saturated rings. The molecule has 2 heterocycles. The molecular formula is C27H18N4O2. The van der Waals surface area contributed by atoms with Crippen molar-refractivity contribution < 1.29 is 9.21 Å². The number of oxazole rings is 1. The van der Waals surface area contributed by atoms with E-state index in [1.807, 2.05) is 67.0 Å². The lowest BCUT2D eigenvalue weighted by atomic mass is 9.99. The van der Waals surface area contributed by atoms with Gasteiger partial charge in [-0.3, -0.25) is 9.36 Å².